The molecule has 3 amide bonds. The van der Waals surface area contributed by atoms with Crippen LogP contribution in [0, 0.1) is 0 Å². The number of nitrogens with one attached hydrogen (secondary N) is 1. The van der Waals surface area contributed by atoms with Gasteiger partial charge in [0.25, 0.3) is 5.91 Å². The van der Waals surface area contributed by atoms with Crippen LogP contribution in [0.15, 0.2) is 42.5 Å². The van der Waals surface area contributed by atoms with Gasteiger partial charge in [-0.2, -0.15) is 0 Å². The van der Waals surface area contributed by atoms with Gasteiger partial charge in [0.1, 0.15) is 5.54 Å². The molecule has 30 heavy (non-hydrogen) atoms. The molecule has 1 atom stereocenters. The number of benzene rings is 2. The summed E-state index contributed by atoms with van der Waals surface area (Å²) in [5, 5.41) is 2.74. The molecular weight excluding hydrogens is 384 g/mol. The first-order valence-electron chi connectivity index (χ1n) is 9.77. The Morgan fingerprint density at radius 3 is 2.40 bits per heavy atom. The third-order valence-corrected chi connectivity index (χ3v) is 5.60. The number of Topliss-reactive ketones (excluding diaryl/α,β-unsaturated/α-hetero) is 1. The second-order valence-electron chi connectivity index (χ2n) is 8.77. The first-order chi connectivity index (χ1) is 14.1. The standard InChI is InChI=1S/C23H24N2O5/c1-22(2,3)15-6-8-16(9-7-15)23(4)20(27)25(21(28)24-23)12-17(26)14-5-10-18-19(11-14)30-13-29-18/h5-11H,12-13H2,1-4H3,(H,24,28)/t23-/m1/s1. The number of hydrogen-bond donors (Lipinski definition) is 1. The quantitative estimate of drug-likeness (QED) is 0.619. The fourth-order valence-electron chi connectivity index (χ4n) is 3.64. The van der Waals surface area contributed by atoms with E-state index in [-0.39, 0.29) is 24.5 Å². The molecule has 1 N–H and O–H groups in total. The Morgan fingerprint density at radius 1 is 1.07 bits per heavy atom. The van der Waals surface area contributed by atoms with Crippen molar-refractivity contribution in [3.05, 3.63) is 59.2 Å². The van der Waals surface area contributed by atoms with Gasteiger partial charge < -0.3 is 14.8 Å². The van der Waals surface area contributed by atoms with Gasteiger partial charge in [-0.3, -0.25) is 14.5 Å². The molecule has 2 heterocycles. The molecule has 2 aliphatic rings. The van der Waals surface area contributed by atoms with Crippen molar-refractivity contribution >= 4 is 17.7 Å². The molecule has 7 nitrogen and oxygen atoms in total. The van der Waals surface area contributed by atoms with Crippen LogP contribution in [0.2, 0.25) is 0 Å². The first kappa shape index (κ1) is 19.9. The Bertz CT molecular complexity index is 1040. The SMILES string of the molecule is CC(C)(C)c1ccc([C@@]2(C)NC(=O)N(CC(=O)c3ccc4c(c3)OCO4)C2=O)cc1. The van der Waals surface area contributed by atoms with E-state index in [0.29, 0.717) is 22.6 Å². The third-order valence-electron chi connectivity index (χ3n) is 5.60. The molecule has 7 heteroatoms. The van der Waals surface area contributed by atoms with E-state index in [2.05, 4.69) is 26.1 Å². The maximum Gasteiger partial charge on any atom is 0.325 e. The Labute approximate surface area is 175 Å². The maximum atomic E-state index is 13.1. The van der Waals surface area contributed by atoms with Crippen LogP contribution in [0.5, 0.6) is 11.5 Å². The monoisotopic (exact) mass is 408 g/mol. The molecule has 156 valence electrons. The zero-order valence-electron chi connectivity index (χ0n) is 17.4. The van der Waals surface area contributed by atoms with Crippen LogP contribution >= 0.6 is 0 Å². The minimum Gasteiger partial charge on any atom is -0.454 e. The molecule has 0 unspecified atom stereocenters. The van der Waals surface area contributed by atoms with Crippen molar-refractivity contribution in [1.29, 1.82) is 0 Å². The van der Waals surface area contributed by atoms with Gasteiger partial charge in [-0.05, 0) is 41.7 Å². The Hall–Kier alpha value is -3.35. The summed E-state index contributed by atoms with van der Waals surface area (Å²) in [6.07, 6.45) is 0. The third kappa shape index (κ3) is 3.30. The molecule has 2 aliphatic heterocycles. The summed E-state index contributed by atoms with van der Waals surface area (Å²) in [5.41, 5.74) is 0.907. The van der Waals surface area contributed by atoms with Gasteiger partial charge in [-0.1, -0.05) is 45.0 Å². The molecule has 0 spiro atoms. The molecule has 0 saturated carbocycles. The molecule has 0 aliphatic carbocycles. The lowest BCUT2D eigenvalue weighted by molar-refractivity contribution is -0.130. The van der Waals surface area contributed by atoms with E-state index in [0.717, 1.165) is 10.5 Å². The van der Waals surface area contributed by atoms with Gasteiger partial charge in [0.2, 0.25) is 6.79 Å². The fourth-order valence-corrected chi connectivity index (χ4v) is 3.64. The number of amides is 3. The lowest BCUT2D eigenvalue weighted by atomic mass is 9.84. The van der Waals surface area contributed by atoms with Gasteiger partial charge in [0.05, 0.1) is 6.54 Å². The molecule has 4 rings (SSSR count). The number of carbonyl (C=O) groups excluding carboxylic acids is 3. The Balaban J connectivity index is 1.54. The number of ether oxygens (including phenoxy) is 2. The van der Waals surface area contributed by atoms with Crippen molar-refractivity contribution in [2.24, 2.45) is 0 Å². The molecule has 2 aromatic rings. The van der Waals surface area contributed by atoms with E-state index in [1.165, 1.54) is 0 Å². The predicted octanol–water partition coefficient (Wildman–Crippen LogP) is 3.36. The van der Waals surface area contributed by atoms with Gasteiger partial charge in [-0.25, -0.2) is 4.79 Å². The second-order valence-corrected chi connectivity index (χ2v) is 8.77. The number of ketones is 1. The van der Waals surface area contributed by atoms with Gasteiger partial charge in [0.15, 0.2) is 17.3 Å². The largest absolute Gasteiger partial charge is 0.454 e. The van der Waals surface area contributed by atoms with Crippen molar-refractivity contribution in [3.8, 4) is 11.5 Å². The van der Waals surface area contributed by atoms with E-state index >= 15 is 0 Å². The van der Waals surface area contributed by atoms with Crippen LogP contribution in [0.25, 0.3) is 0 Å². The fraction of sp³-hybridized carbons (Fsp3) is 0.348. The van der Waals surface area contributed by atoms with Gasteiger partial charge in [-0.15, -0.1) is 0 Å². The highest BCUT2D eigenvalue weighted by molar-refractivity contribution is 6.11. The number of carbonyl (C=O) groups is 3. The summed E-state index contributed by atoms with van der Waals surface area (Å²) >= 11 is 0. The molecule has 0 bridgehead atoms. The highest BCUT2D eigenvalue weighted by atomic mass is 16.7. The maximum absolute atomic E-state index is 13.1. The Morgan fingerprint density at radius 2 is 1.73 bits per heavy atom. The van der Waals surface area contributed by atoms with Crippen molar-refractivity contribution in [3.63, 3.8) is 0 Å². The summed E-state index contributed by atoms with van der Waals surface area (Å²) < 4.78 is 10.5. The van der Waals surface area contributed by atoms with Crippen LogP contribution in [-0.2, 0) is 15.7 Å². The van der Waals surface area contributed by atoms with Crippen molar-refractivity contribution in [1.82, 2.24) is 10.2 Å². The van der Waals surface area contributed by atoms with Crippen molar-refractivity contribution in [2.45, 2.75) is 38.6 Å². The second kappa shape index (κ2) is 6.86. The minimum atomic E-state index is -1.22. The normalized spacial score (nSPS) is 20.5. The number of rotatable bonds is 4. The first-order valence-corrected chi connectivity index (χ1v) is 9.77. The average Bonchev–Trinajstić information content (AvgIpc) is 3.25. The summed E-state index contributed by atoms with van der Waals surface area (Å²) in [6, 6.07) is 11.8. The van der Waals surface area contributed by atoms with Crippen LogP contribution in [0.1, 0.15) is 49.2 Å². The minimum absolute atomic E-state index is 0.0224. The van der Waals surface area contributed by atoms with Crippen LogP contribution in [0.3, 0.4) is 0 Å². The molecular formula is C23H24N2O5. The molecule has 2 aromatic carbocycles. The van der Waals surface area contributed by atoms with E-state index in [1.54, 1.807) is 25.1 Å². The number of imide groups is 1. The van der Waals surface area contributed by atoms with Gasteiger partial charge in [0, 0.05) is 5.56 Å². The van der Waals surface area contributed by atoms with Crippen molar-refractivity contribution in [2.75, 3.05) is 13.3 Å². The summed E-state index contributed by atoms with van der Waals surface area (Å²) in [6.45, 7) is 7.73. The number of nitrogens with zero attached hydrogens (tertiary/aromatic N) is 1. The van der Waals surface area contributed by atoms with Crippen LogP contribution in [-0.4, -0.2) is 36.0 Å². The number of urea groups is 1. The van der Waals surface area contributed by atoms with Crippen LogP contribution < -0.4 is 14.8 Å². The van der Waals surface area contributed by atoms with Gasteiger partial charge >= 0.3 is 6.03 Å². The lowest BCUT2D eigenvalue weighted by Gasteiger charge is -2.24. The predicted molar refractivity (Wildman–Crippen MR) is 110 cm³/mol. The highest BCUT2D eigenvalue weighted by Gasteiger charge is 2.49. The number of hydrogen-bond acceptors (Lipinski definition) is 5. The number of fused-ring (bicyclic) bond motifs is 1. The highest BCUT2D eigenvalue weighted by Crippen LogP contribution is 2.34. The van der Waals surface area contributed by atoms with Crippen LogP contribution in [0.4, 0.5) is 4.79 Å². The lowest BCUT2D eigenvalue weighted by Crippen LogP contribution is -2.41. The topological polar surface area (TPSA) is 84.9 Å². The molecule has 0 radical (unpaired) electrons. The molecule has 1 fully saturated rings. The van der Waals surface area contributed by atoms with E-state index in [9.17, 15) is 14.4 Å². The summed E-state index contributed by atoms with van der Waals surface area (Å²) in [7, 11) is 0. The van der Waals surface area contributed by atoms with E-state index in [1.807, 2.05) is 24.3 Å². The zero-order chi connectivity index (χ0) is 21.7. The smallest absolute Gasteiger partial charge is 0.325 e. The summed E-state index contributed by atoms with van der Waals surface area (Å²) in [4.78, 5) is 39.4. The molecule has 1 saturated heterocycles. The summed E-state index contributed by atoms with van der Waals surface area (Å²) in [5.74, 6) is 0.226. The zero-order valence-corrected chi connectivity index (χ0v) is 17.4. The average molecular weight is 408 g/mol. The van der Waals surface area contributed by atoms with E-state index in [4.69, 9.17) is 9.47 Å². The van der Waals surface area contributed by atoms with Crippen molar-refractivity contribution < 1.29 is 23.9 Å². The van der Waals surface area contributed by atoms with E-state index < -0.39 is 17.5 Å². The molecule has 0 aromatic heterocycles. The Kier molecular flexibility index (Phi) is 4.56.